The average molecular weight is 320 g/mol. The van der Waals surface area contributed by atoms with E-state index in [0.29, 0.717) is 4.47 Å². The number of ether oxygens (including phenoxy) is 1. The van der Waals surface area contributed by atoms with Crippen molar-refractivity contribution in [3.8, 4) is 5.75 Å². The predicted octanol–water partition coefficient (Wildman–Crippen LogP) is 2.77. The largest absolute Gasteiger partial charge is 0.490 e. The summed E-state index contributed by atoms with van der Waals surface area (Å²) >= 11 is 3.04. The van der Waals surface area contributed by atoms with Crippen LogP contribution in [0.5, 0.6) is 5.75 Å². The van der Waals surface area contributed by atoms with E-state index < -0.39 is 11.6 Å². The lowest BCUT2D eigenvalue weighted by Crippen LogP contribution is -2.26. The minimum absolute atomic E-state index is 0.0192. The van der Waals surface area contributed by atoms with E-state index in [9.17, 15) is 13.6 Å². The molecule has 3 nitrogen and oxygen atoms in total. The van der Waals surface area contributed by atoms with Crippen molar-refractivity contribution in [3.05, 3.63) is 28.2 Å². The van der Waals surface area contributed by atoms with Crippen LogP contribution in [0.2, 0.25) is 0 Å². The van der Waals surface area contributed by atoms with Crippen LogP contribution in [0.25, 0.3) is 0 Å². The lowest BCUT2D eigenvalue weighted by Gasteiger charge is -2.08. The first-order valence-corrected chi connectivity index (χ1v) is 6.42. The summed E-state index contributed by atoms with van der Waals surface area (Å²) in [4.78, 5) is 11.3. The summed E-state index contributed by atoms with van der Waals surface area (Å²) in [5.41, 5.74) is 0. The second-order valence-electron chi connectivity index (χ2n) is 4.14. The zero-order valence-electron chi connectivity index (χ0n) is 9.51. The normalized spacial score (nSPS) is 14.4. The Morgan fingerprint density at radius 1 is 1.44 bits per heavy atom. The lowest BCUT2D eigenvalue weighted by atomic mass is 10.3. The highest BCUT2D eigenvalue weighted by Crippen LogP contribution is 2.25. The highest BCUT2D eigenvalue weighted by atomic mass is 79.9. The molecule has 0 atom stereocenters. The van der Waals surface area contributed by atoms with Gasteiger partial charge in [0.05, 0.1) is 13.0 Å². The van der Waals surface area contributed by atoms with Gasteiger partial charge in [-0.1, -0.05) is 15.9 Å². The van der Waals surface area contributed by atoms with Gasteiger partial charge in [0.2, 0.25) is 11.7 Å². The molecule has 1 aliphatic carbocycles. The van der Waals surface area contributed by atoms with E-state index in [1.165, 1.54) is 6.07 Å². The Labute approximate surface area is 112 Å². The summed E-state index contributed by atoms with van der Waals surface area (Å²) in [5.74, 6) is -2.35. The van der Waals surface area contributed by atoms with Crippen LogP contribution in [0.4, 0.5) is 8.78 Å². The molecule has 1 aromatic carbocycles. The maximum Gasteiger partial charge on any atom is 0.223 e. The van der Waals surface area contributed by atoms with Gasteiger partial charge in [-0.05, 0) is 25.0 Å². The van der Waals surface area contributed by atoms with Crippen molar-refractivity contribution >= 4 is 21.8 Å². The Morgan fingerprint density at radius 2 is 2.17 bits per heavy atom. The van der Waals surface area contributed by atoms with E-state index in [1.807, 2.05) is 0 Å². The molecule has 0 unspecified atom stereocenters. The molecule has 1 saturated carbocycles. The molecule has 1 N–H and O–H groups in total. The molecule has 1 aliphatic rings. The molecule has 0 spiro atoms. The average Bonchev–Trinajstić information content (AvgIpc) is 3.08. The van der Waals surface area contributed by atoms with Gasteiger partial charge in [0.25, 0.3) is 0 Å². The highest BCUT2D eigenvalue weighted by molar-refractivity contribution is 9.10. The molecule has 0 bridgehead atoms. The smallest absolute Gasteiger partial charge is 0.223 e. The highest BCUT2D eigenvalue weighted by Gasteiger charge is 2.23. The second kappa shape index (κ2) is 5.65. The third-order valence-corrected chi connectivity index (χ3v) is 2.95. The molecule has 0 radical (unpaired) electrons. The zero-order valence-corrected chi connectivity index (χ0v) is 11.1. The van der Waals surface area contributed by atoms with Crippen molar-refractivity contribution in [2.75, 3.05) is 6.61 Å². The fourth-order valence-corrected chi connectivity index (χ4v) is 1.83. The van der Waals surface area contributed by atoms with E-state index in [1.54, 1.807) is 0 Å². The van der Waals surface area contributed by atoms with Gasteiger partial charge in [-0.15, -0.1) is 0 Å². The number of rotatable bonds is 5. The number of halogens is 3. The summed E-state index contributed by atoms with van der Waals surface area (Å²) < 4.78 is 31.8. The van der Waals surface area contributed by atoms with Gasteiger partial charge in [0.15, 0.2) is 11.6 Å². The Hall–Kier alpha value is -1.17. The monoisotopic (exact) mass is 319 g/mol. The predicted molar refractivity (Wildman–Crippen MR) is 65.3 cm³/mol. The lowest BCUT2D eigenvalue weighted by molar-refractivity contribution is -0.121. The number of nitrogens with one attached hydrogen (secondary N) is 1. The van der Waals surface area contributed by atoms with Gasteiger partial charge in [-0.2, -0.15) is 4.39 Å². The van der Waals surface area contributed by atoms with Crippen LogP contribution in [0, 0.1) is 11.6 Å². The molecule has 6 heteroatoms. The van der Waals surface area contributed by atoms with Crippen LogP contribution >= 0.6 is 15.9 Å². The molecule has 18 heavy (non-hydrogen) atoms. The van der Waals surface area contributed by atoms with Crippen molar-refractivity contribution in [2.45, 2.75) is 25.3 Å². The van der Waals surface area contributed by atoms with Crippen molar-refractivity contribution in [1.82, 2.24) is 5.32 Å². The van der Waals surface area contributed by atoms with E-state index in [0.717, 1.165) is 18.9 Å². The van der Waals surface area contributed by atoms with Gasteiger partial charge in [-0.25, -0.2) is 4.39 Å². The molecule has 0 heterocycles. The molecule has 1 fully saturated rings. The molecular weight excluding hydrogens is 308 g/mol. The number of carbonyl (C=O) groups is 1. The van der Waals surface area contributed by atoms with Gasteiger partial charge in [0, 0.05) is 10.5 Å². The number of hydrogen-bond acceptors (Lipinski definition) is 2. The van der Waals surface area contributed by atoms with Crippen LogP contribution in [0.3, 0.4) is 0 Å². The first kappa shape index (κ1) is 13.3. The molecular formula is C12H12BrF2NO2. The van der Waals surface area contributed by atoms with Gasteiger partial charge < -0.3 is 10.1 Å². The van der Waals surface area contributed by atoms with Crippen LogP contribution < -0.4 is 10.1 Å². The van der Waals surface area contributed by atoms with Crippen LogP contribution in [0.1, 0.15) is 19.3 Å². The summed E-state index contributed by atoms with van der Waals surface area (Å²) in [7, 11) is 0. The molecule has 1 aromatic rings. The third-order valence-electron chi connectivity index (χ3n) is 2.49. The number of carbonyl (C=O) groups excluding carboxylic acids is 1. The van der Waals surface area contributed by atoms with Crippen molar-refractivity contribution in [3.63, 3.8) is 0 Å². The first-order chi connectivity index (χ1) is 8.56. The summed E-state index contributed by atoms with van der Waals surface area (Å²) in [6, 6.07) is 2.64. The van der Waals surface area contributed by atoms with E-state index in [4.69, 9.17) is 4.74 Å². The van der Waals surface area contributed by atoms with Crippen LogP contribution in [-0.2, 0) is 4.79 Å². The fraction of sp³-hybridized carbons (Fsp3) is 0.417. The molecule has 1 amide bonds. The first-order valence-electron chi connectivity index (χ1n) is 5.63. The standard InChI is InChI=1S/C12H12BrF2NO2/c13-7-5-9(14)12(15)10(6-7)18-4-3-11(17)16-8-1-2-8/h5-6,8H,1-4H2,(H,16,17). The maximum absolute atomic E-state index is 13.3. The minimum atomic E-state index is -1.04. The summed E-state index contributed by atoms with van der Waals surface area (Å²) in [6.07, 6.45) is 2.15. The van der Waals surface area contributed by atoms with E-state index >= 15 is 0 Å². The van der Waals surface area contributed by atoms with Crippen molar-refractivity contribution in [1.29, 1.82) is 0 Å². The van der Waals surface area contributed by atoms with E-state index in [2.05, 4.69) is 21.2 Å². The second-order valence-corrected chi connectivity index (χ2v) is 5.06. The topological polar surface area (TPSA) is 38.3 Å². The Kier molecular flexibility index (Phi) is 4.16. The Morgan fingerprint density at radius 3 is 2.83 bits per heavy atom. The van der Waals surface area contributed by atoms with Gasteiger partial charge in [-0.3, -0.25) is 4.79 Å². The number of benzene rings is 1. The van der Waals surface area contributed by atoms with Crippen LogP contribution in [0.15, 0.2) is 16.6 Å². The van der Waals surface area contributed by atoms with Gasteiger partial charge in [0.1, 0.15) is 0 Å². The Bertz CT molecular complexity index is 464. The quantitative estimate of drug-likeness (QED) is 0.847. The summed E-state index contributed by atoms with van der Waals surface area (Å²) in [6.45, 7) is 0.0192. The SMILES string of the molecule is O=C(CCOc1cc(Br)cc(F)c1F)NC1CC1. The third kappa shape index (κ3) is 3.66. The fourth-order valence-electron chi connectivity index (χ4n) is 1.42. The molecule has 0 aromatic heterocycles. The minimum Gasteiger partial charge on any atom is -0.490 e. The Balaban J connectivity index is 1.83. The zero-order chi connectivity index (χ0) is 13.1. The van der Waals surface area contributed by atoms with Crippen LogP contribution in [-0.4, -0.2) is 18.6 Å². The van der Waals surface area contributed by atoms with E-state index in [-0.39, 0.29) is 30.7 Å². The molecule has 98 valence electrons. The number of amides is 1. The van der Waals surface area contributed by atoms with Crippen molar-refractivity contribution in [2.24, 2.45) is 0 Å². The van der Waals surface area contributed by atoms with Gasteiger partial charge >= 0.3 is 0 Å². The maximum atomic E-state index is 13.3. The summed E-state index contributed by atoms with van der Waals surface area (Å²) in [5, 5.41) is 2.78. The molecule has 0 saturated heterocycles. The molecule has 0 aliphatic heterocycles. The van der Waals surface area contributed by atoms with Crippen molar-refractivity contribution < 1.29 is 18.3 Å². The number of hydrogen-bond donors (Lipinski definition) is 1. The molecule has 2 rings (SSSR count).